The number of benzene rings is 2. The summed E-state index contributed by atoms with van der Waals surface area (Å²) in [6, 6.07) is 16.0. The Kier molecular flexibility index (Phi) is 6.96. The van der Waals surface area contributed by atoms with E-state index in [0.717, 1.165) is 40.6 Å². The van der Waals surface area contributed by atoms with Gasteiger partial charge in [-0.1, -0.05) is 73.1 Å². The molecular weight excluding hydrogens is 447 g/mol. The molecule has 0 fully saturated rings. The number of hydrogen-bond donors (Lipinski definition) is 0. The van der Waals surface area contributed by atoms with E-state index in [1.807, 2.05) is 30.5 Å². The highest BCUT2D eigenvalue weighted by Gasteiger charge is 2.20. The molecule has 0 N–H and O–H groups in total. The van der Waals surface area contributed by atoms with E-state index in [9.17, 15) is 0 Å². The average molecular weight is 469 g/mol. The molecule has 2 aromatic carbocycles. The molecule has 0 spiro atoms. The first-order chi connectivity index (χ1) is 15.1. The largest absolute Gasteiger partial charge is 0.269 e. The second-order valence-corrected chi connectivity index (χ2v) is 8.83. The van der Waals surface area contributed by atoms with Crippen molar-refractivity contribution in [3.8, 4) is 17.1 Å². The number of halogens is 2. The maximum Gasteiger partial charge on any atom is 0.196 e. The summed E-state index contributed by atoms with van der Waals surface area (Å²) in [4.78, 5) is 4.29. The van der Waals surface area contributed by atoms with E-state index in [0.29, 0.717) is 15.8 Å². The fourth-order valence-electron chi connectivity index (χ4n) is 3.53. The van der Waals surface area contributed by atoms with Gasteiger partial charge in [-0.25, -0.2) is 0 Å². The highest BCUT2D eigenvalue weighted by atomic mass is 35.5. The predicted octanol–water partition coefficient (Wildman–Crippen LogP) is 7.05. The lowest BCUT2D eigenvalue weighted by Gasteiger charge is -2.18. The van der Waals surface area contributed by atoms with Gasteiger partial charge >= 0.3 is 0 Å². The number of aromatic nitrogens is 4. The van der Waals surface area contributed by atoms with Crippen molar-refractivity contribution in [3.05, 3.63) is 87.7 Å². The third-order valence-electron chi connectivity index (χ3n) is 5.11. The van der Waals surface area contributed by atoms with Gasteiger partial charge in [0, 0.05) is 33.8 Å². The van der Waals surface area contributed by atoms with Crippen molar-refractivity contribution in [2.75, 3.05) is 0 Å². The van der Waals surface area contributed by atoms with Crippen LogP contribution in [0.3, 0.4) is 0 Å². The van der Waals surface area contributed by atoms with Crippen LogP contribution in [0.15, 0.2) is 66.1 Å². The molecule has 4 aromatic rings. The maximum atomic E-state index is 6.40. The van der Waals surface area contributed by atoms with Gasteiger partial charge in [-0.05, 0) is 53.8 Å². The van der Waals surface area contributed by atoms with Crippen molar-refractivity contribution < 1.29 is 0 Å². The summed E-state index contributed by atoms with van der Waals surface area (Å²) in [5, 5.41) is 11.2. The van der Waals surface area contributed by atoms with Crippen LogP contribution < -0.4 is 0 Å². The highest BCUT2D eigenvalue weighted by Crippen LogP contribution is 2.34. The molecule has 158 valence electrons. The summed E-state index contributed by atoms with van der Waals surface area (Å²) >= 11 is 14.1. The number of aryl methyl sites for hydroxylation is 2. The van der Waals surface area contributed by atoms with Crippen LogP contribution in [0, 0.1) is 0 Å². The first kappa shape index (κ1) is 21.9. The first-order valence-electron chi connectivity index (χ1n) is 10.2. The third kappa shape index (κ3) is 4.64. The van der Waals surface area contributed by atoms with E-state index in [4.69, 9.17) is 23.2 Å². The van der Waals surface area contributed by atoms with Gasteiger partial charge in [-0.3, -0.25) is 9.55 Å². The van der Waals surface area contributed by atoms with Crippen LogP contribution in [0.1, 0.15) is 30.5 Å². The topological polar surface area (TPSA) is 43.6 Å². The normalized spacial score (nSPS) is 11.1. The first-order valence-corrected chi connectivity index (χ1v) is 11.9. The molecule has 0 unspecified atom stereocenters. The van der Waals surface area contributed by atoms with E-state index in [1.165, 1.54) is 11.1 Å². The molecule has 2 aromatic heterocycles. The summed E-state index contributed by atoms with van der Waals surface area (Å²) in [5.41, 5.74) is 5.61. The number of rotatable bonds is 7. The summed E-state index contributed by atoms with van der Waals surface area (Å²) < 4.78 is 2.17. The molecule has 0 saturated heterocycles. The second kappa shape index (κ2) is 9.86. The van der Waals surface area contributed by atoms with Crippen LogP contribution in [0.2, 0.25) is 10.0 Å². The molecule has 2 heterocycles. The molecule has 7 heteroatoms. The van der Waals surface area contributed by atoms with Crippen LogP contribution in [0.5, 0.6) is 0 Å². The van der Waals surface area contributed by atoms with Gasteiger partial charge in [-0.2, -0.15) is 0 Å². The fourth-order valence-corrected chi connectivity index (χ4v) is 5.03. The lowest BCUT2D eigenvalue weighted by molar-refractivity contribution is 0.857. The van der Waals surface area contributed by atoms with Crippen molar-refractivity contribution in [2.45, 2.75) is 37.6 Å². The van der Waals surface area contributed by atoms with E-state index in [-0.39, 0.29) is 0 Å². The van der Waals surface area contributed by atoms with Gasteiger partial charge in [0.1, 0.15) is 0 Å². The summed E-state index contributed by atoms with van der Waals surface area (Å²) in [6.45, 7) is 4.35. The van der Waals surface area contributed by atoms with Crippen molar-refractivity contribution in [1.82, 2.24) is 19.7 Å². The van der Waals surface area contributed by atoms with Crippen LogP contribution in [-0.2, 0) is 18.6 Å². The molecule has 0 atom stereocenters. The minimum atomic E-state index is 0.630. The second-order valence-electron chi connectivity index (χ2n) is 7.04. The summed E-state index contributed by atoms with van der Waals surface area (Å²) in [6.07, 6.45) is 5.42. The molecular formula is C24H22Cl2N4S. The van der Waals surface area contributed by atoms with Crippen molar-refractivity contribution >= 4 is 35.0 Å². The molecule has 0 amide bonds. The van der Waals surface area contributed by atoms with Gasteiger partial charge in [0.05, 0.1) is 5.69 Å². The minimum absolute atomic E-state index is 0.630. The summed E-state index contributed by atoms with van der Waals surface area (Å²) in [5.74, 6) is 1.45. The Bertz CT molecular complexity index is 1170. The number of pyridine rings is 1. The monoisotopic (exact) mass is 468 g/mol. The van der Waals surface area contributed by atoms with Gasteiger partial charge in [-0.15, -0.1) is 10.2 Å². The molecule has 4 nitrogen and oxygen atoms in total. The Morgan fingerprint density at radius 3 is 2.32 bits per heavy atom. The Morgan fingerprint density at radius 2 is 1.68 bits per heavy atom. The number of nitrogens with zero attached hydrogens (tertiary/aromatic N) is 4. The quantitative estimate of drug-likeness (QED) is 0.272. The smallest absolute Gasteiger partial charge is 0.196 e. The van der Waals surface area contributed by atoms with Gasteiger partial charge in [0.15, 0.2) is 11.0 Å². The molecule has 0 aliphatic rings. The number of para-hydroxylation sites is 1. The summed E-state index contributed by atoms with van der Waals surface area (Å²) in [7, 11) is 0. The fraction of sp³-hybridized carbons (Fsp3) is 0.208. The van der Waals surface area contributed by atoms with Crippen LogP contribution >= 0.6 is 35.0 Å². The molecule has 31 heavy (non-hydrogen) atoms. The highest BCUT2D eigenvalue weighted by molar-refractivity contribution is 7.98. The third-order valence-corrected chi connectivity index (χ3v) is 6.68. The molecule has 0 aliphatic heterocycles. The van der Waals surface area contributed by atoms with Crippen LogP contribution in [-0.4, -0.2) is 19.7 Å². The average Bonchev–Trinajstić information content (AvgIpc) is 3.21. The van der Waals surface area contributed by atoms with Crippen LogP contribution in [0.25, 0.3) is 17.1 Å². The SMILES string of the molecule is CCc1cccc(CC)c1-n1c(SCc2ccc(Cl)cc2Cl)nnc1-c1cccnc1. The number of hydrogen-bond acceptors (Lipinski definition) is 4. The van der Waals surface area contributed by atoms with Gasteiger partial charge < -0.3 is 0 Å². The minimum Gasteiger partial charge on any atom is -0.269 e. The lowest BCUT2D eigenvalue weighted by atomic mass is 10.0. The van der Waals surface area contributed by atoms with Gasteiger partial charge in [0.2, 0.25) is 0 Å². The molecule has 0 saturated carbocycles. The maximum absolute atomic E-state index is 6.40. The van der Waals surface area contributed by atoms with Crippen molar-refractivity contribution in [2.24, 2.45) is 0 Å². The predicted molar refractivity (Wildman–Crippen MR) is 129 cm³/mol. The Morgan fingerprint density at radius 1 is 0.903 bits per heavy atom. The van der Waals surface area contributed by atoms with Crippen molar-refractivity contribution in [3.63, 3.8) is 0 Å². The standard InChI is InChI=1S/C24H22Cl2N4S/c1-3-16-7-5-8-17(4-2)22(16)30-23(18-9-6-12-27-14-18)28-29-24(30)31-15-19-10-11-20(25)13-21(19)26/h5-14H,3-4,15H2,1-2H3. The molecule has 0 bridgehead atoms. The molecule has 4 rings (SSSR count). The van der Waals surface area contributed by atoms with Crippen molar-refractivity contribution in [1.29, 1.82) is 0 Å². The van der Waals surface area contributed by atoms with E-state index < -0.39 is 0 Å². The lowest BCUT2D eigenvalue weighted by Crippen LogP contribution is -2.07. The van der Waals surface area contributed by atoms with Crippen LogP contribution in [0.4, 0.5) is 0 Å². The zero-order chi connectivity index (χ0) is 21.8. The molecule has 0 radical (unpaired) electrons. The van der Waals surface area contributed by atoms with E-state index in [1.54, 1.807) is 24.0 Å². The Balaban J connectivity index is 1.83. The van der Waals surface area contributed by atoms with E-state index >= 15 is 0 Å². The van der Waals surface area contributed by atoms with Gasteiger partial charge in [0.25, 0.3) is 0 Å². The molecule has 0 aliphatic carbocycles. The van der Waals surface area contributed by atoms with E-state index in [2.05, 4.69) is 51.8 Å². The number of thioether (sulfide) groups is 1. The zero-order valence-corrected chi connectivity index (χ0v) is 19.7. The Hall–Kier alpha value is -2.34. The zero-order valence-electron chi connectivity index (χ0n) is 17.3. The Labute approximate surface area is 196 Å².